The Bertz CT molecular complexity index is 1060. The van der Waals surface area contributed by atoms with E-state index >= 15 is 0 Å². The number of aryl methyl sites for hydroxylation is 1. The van der Waals surface area contributed by atoms with Gasteiger partial charge in [-0.2, -0.15) is 0 Å². The fourth-order valence-corrected chi connectivity index (χ4v) is 3.56. The third-order valence-corrected chi connectivity index (χ3v) is 5.30. The first kappa shape index (κ1) is 19.1. The average molecular weight is 396 g/mol. The van der Waals surface area contributed by atoms with Crippen molar-refractivity contribution in [3.63, 3.8) is 0 Å². The molecule has 1 aliphatic heterocycles. The van der Waals surface area contributed by atoms with Gasteiger partial charge in [-0.1, -0.05) is 0 Å². The highest BCUT2D eigenvalue weighted by atomic mass is 16.3. The van der Waals surface area contributed by atoms with Crippen molar-refractivity contribution in [3.05, 3.63) is 53.4 Å². The molecule has 0 spiro atoms. The van der Waals surface area contributed by atoms with Gasteiger partial charge in [0, 0.05) is 32.8 Å². The summed E-state index contributed by atoms with van der Waals surface area (Å²) in [5.74, 6) is 2.06. The molecule has 0 saturated carbocycles. The predicted octanol–water partition coefficient (Wildman–Crippen LogP) is 1.40. The zero-order chi connectivity index (χ0) is 20.5. The summed E-state index contributed by atoms with van der Waals surface area (Å²) in [6.07, 6.45) is 1.74. The number of likely N-dealkylation sites (N-methyl/N-ethyl adjacent to an activating group) is 1. The van der Waals surface area contributed by atoms with E-state index in [0.29, 0.717) is 42.4 Å². The second-order valence-corrected chi connectivity index (χ2v) is 7.36. The molecule has 0 aromatic carbocycles. The van der Waals surface area contributed by atoms with Crippen LogP contribution in [0.2, 0.25) is 0 Å². The number of nitrogens with zero attached hydrogens (tertiary/aromatic N) is 5. The molecular weight excluding hydrogens is 372 g/mol. The van der Waals surface area contributed by atoms with Crippen LogP contribution in [-0.4, -0.2) is 62.9 Å². The van der Waals surface area contributed by atoms with Gasteiger partial charge in [0.2, 0.25) is 5.91 Å². The van der Waals surface area contributed by atoms with Gasteiger partial charge in [-0.05, 0) is 38.2 Å². The summed E-state index contributed by atoms with van der Waals surface area (Å²) in [4.78, 5) is 28.4. The van der Waals surface area contributed by atoms with Crippen molar-refractivity contribution >= 4 is 17.5 Å². The van der Waals surface area contributed by atoms with Crippen LogP contribution in [0.25, 0.3) is 5.65 Å². The number of hydrogen-bond acceptors (Lipinski definition) is 6. The maximum absolute atomic E-state index is 12.6. The predicted molar refractivity (Wildman–Crippen MR) is 105 cm³/mol. The Labute approximate surface area is 168 Å². The lowest BCUT2D eigenvalue weighted by Crippen LogP contribution is -2.48. The van der Waals surface area contributed by atoms with E-state index in [9.17, 15) is 9.59 Å². The minimum Gasteiger partial charge on any atom is -0.465 e. The third kappa shape index (κ3) is 3.86. The molecule has 1 fully saturated rings. The minimum atomic E-state index is -0.206. The van der Waals surface area contributed by atoms with Gasteiger partial charge in [0.05, 0.1) is 18.2 Å². The topological polar surface area (TPSA) is 96.0 Å². The molecule has 1 saturated heterocycles. The Morgan fingerprint density at radius 1 is 1.21 bits per heavy atom. The zero-order valence-corrected chi connectivity index (χ0v) is 16.8. The zero-order valence-electron chi connectivity index (χ0n) is 16.8. The van der Waals surface area contributed by atoms with Gasteiger partial charge in [-0.25, -0.2) is 0 Å². The van der Waals surface area contributed by atoms with Gasteiger partial charge in [0.25, 0.3) is 5.91 Å². The monoisotopic (exact) mass is 396 g/mol. The van der Waals surface area contributed by atoms with E-state index in [4.69, 9.17) is 4.42 Å². The van der Waals surface area contributed by atoms with Crippen LogP contribution in [0.1, 0.15) is 40.7 Å². The van der Waals surface area contributed by atoms with E-state index in [2.05, 4.69) is 20.4 Å². The minimum absolute atomic E-state index is 0.0464. The fourth-order valence-electron chi connectivity index (χ4n) is 3.56. The Kier molecular flexibility index (Phi) is 5.06. The van der Waals surface area contributed by atoms with E-state index in [-0.39, 0.29) is 17.9 Å². The van der Waals surface area contributed by atoms with Gasteiger partial charge < -0.3 is 14.6 Å². The number of rotatable bonds is 4. The first-order chi connectivity index (χ1) is 13.9. The number of aromatic nitrogens is 3. The molecule has 3 aromatic rings. The number of carbonyl (C=O) groups is 2. The Balaban J connectivity index is 1.57. The third-order valence-electron chi connectivity index (χ3n) is 5.30. The summed E-state index contributed by atoms with van der Waals surface area (Å²) in [6.45, 7) is 5.75. The van der Waals surface area contributed by atoms with Crippen LogP contribution in [0, 0.1) is 6.92 Å². The highest BCUT2D eigenvalue weighted by Crippen LogP contribution is 2.23. The van der Waals surface area contributed by atoms with Crippen molar-refractivity contribution in [3.8, 4) is 0 Å². The summed E-state index contributed by atoms with van der Waals surface area (Å²) in [7, 11) is 2.01. The molecule has 9 heteroatoms. The quantitative estimate of drug-likeness (QED) is 0.716. The van der Waals surface area contributed by atoms with Gasteiger partial charge in [-0.15, -0.1) is 10.2 Å². The van der Waals surface area contributed by atoms with Crippen molar-refractivity contribution in [1.82, 2.24) is 29.7 Å². The molecule has 3 aromatic heterocycles. The standard InChI is InChI=1S/C20H24N6O3/c1-13-4-6-16(29-13)10-21-20(28)15-5-7-18-22-23-19(26(18)11-15)17-12-25(14(2)27)9-8-24(17)3/h4-7,11,17H,8-10,12H2,1-3H3,(H,21,28). The molecule has 1 atom stereocenters. The Morgan fingerprint density at radius 2 is 2.03 bits per heavy atom. The van der Waals surface area contributed by atoms with Crippen LogP contribution in [0.5, 0.6) is 0 Å². The largest absolute Gasteiger partial charge is 0.465 e. The summed E-state index contributed by atoms with van der Waals surface area (Å²) in [5, 5.41) is 11.4. The molecule has 0 radical (unpaired) electrons. The van der Waals surface area contributed by atoms with Gasteiger partial charge in [0.15, 0.2) is 11.5 Å². The number of piperazine rings is 1. The summed E-state index contributed by atoms with van der Waals surface area (Å²) >= 11 is 0. The first-order valence-corrected chi connectivity index (χ1v) is 9.56. The average Bonchev–Trinajstić information content (AvgIpc) is 3.31. The Hall–Kier alpha value is -3.20. The van der Waals surface area contributed by atoms with Crippen LogP contribution in [0.3, 0.4) is 0 Å². The molecule has 1 unspecified atom stereocenters. The van der Waals surface area contributed by atoms with E-state index in [1.165, 1.54) is 0 Å². The summed E-state index contributed by atoms with van der Waals surface area (Å²) < 4.78 is 7.32. The van der Waals surface area contributed by atoms with Crippen LogP contribution in [-0.2, 0) is 11.3 Å². The molecule has 4 rings (SSSR count). The van der Waals surface area contributed by atoms with Gasteiger partial charge in [0.1, 0.15) is 11.5 Å². The number of carbonyl (C=O) groups excluding carboxylic acids is 2. The highest BCUT2D eigenvalue weighted by molar-refractivity contribution is 5.94. The molecular formula is C20H24N6O3. The molecule has 1 N–H and O–H groups in total. The van der Waals surface area contributed by atoms with Gasteiger partial charge in [-0.3, -0.25) is 18.9 Å². The van der Waals surface area contributed by atoms with Crippen molar-refractivity contribution in [2.75, 3.05) is 26.7 Å². The second-order valence-electron chi connectivity index (χ2n) is 7.36. The molecule has 4 heterocycles. The number of hydrogen-bond donors (Lipinski definition) is 1. The lowest BCUT2D eigenvalue weighted by atomic mass is 10.1. The lowest BCUT2D eigenvalue weighted by Gasteiger charge is -2.38. The van der Waals surface area contributed by atoms with Crippen LogP contribution >= 0.6 is 0 Å². The van der Waals surface area contributed by atoms with E-state index in [1.54, 1.807) is 25.3 Å². The maximum atomic E-state index is 12.6. The SMILES string of the molecule is CC(=O)N1CCN(C)C(c2nnc3ccc(C(=O)NCc4ccc(C)o4)cn23)C1. The van der Waals surface area contributed by atoms with Crippen LogP contribution < -0.4 is 5.32 Å². The number of pyridine rings is 1. The van der Waals surface area contributed by atoms with E-state index in [0.717, 1.165) is 12.3 Å². The summed E-state index contributed by atoms with van der Waals surface area (Å²) in [6, 6.07) is 7.11. The highest BCUT2D eigenvalue weighted by Gasteiger charge is 2.30. The normalized spacial score (nSPS) is 17.6. The molecule has 152 valence electrons. The molecule has 0 aliphatic carbocycles. The number of nitrogens with one attached hydrogen (secondary N) is 1. The van der Waals surface area contributed by atoms with Crippen molar-refractivity contribution in [2.24, 2.45) is 0 Å². The molecule has 0 bridgehead atoms. The van der Waals surface area contributed by atoms with Crippen molar-refractivity contribution in [2.45, 2.75) is 26.4 Å². The van der Waals surface area contributed by atoms with E-state index < -0.39 is 0 Å². The Morgan fingerprint density at radius 3 is 2.76 bits per heavy atom. The van der Waals surface area contributed by atoms with Crippen LogP contribution in [0.15, 0.2) is 34.9 Å². The van der Waals surface area contributed by atoms with Crippen LogP contribution in [0.4, 0.5) is 0 Å². The fraction of sp³-hybridized carbons (Fsp3) is 0.400. The number of furan rings is 1. The molecule has 9 nitrogen and oxygen atoms in total. The lowest BCUT2D eigenvalue weighted by molar-refractivity contribution is -0.131. The number of amides is 2. The molecule has 2 amide bonds. The van der Waals surface area contributed by atoms with Crippen molar-refractivity contribution in [1.29, 1.82) is 0 Å². The molecule has 1 aliphatic rings. The summed E-state index contributed by atoms with van der Waals surface area (Å²) in [5.41, 5.74) is 1.16. The van der Waals surface area contributed by atoms with Crippen molar-refractivity contribution < 1.29 is 14.0 Å². The molecule has 29 heavy (non-hydrogen) atoms. The smallest absolute Gasteiger partial charge is 0.253 e. The number of fused-ring (bicyclic) bond motifs is 1. The second kappa shape index (κ2) is 7.67. The maximum Gasteiger partial charge on any atom is 0.253 e. The first-order valence-electron chi connectivity index (χ1n) is 9.56. The van der Waals surface area contributed by atoms with E-state index in [1.807, 2.05) is 35.4 Å². The van der Waals surface area contributed by atoms with Gasteiger partial charge >= 0.3 is 0 Å².